The van der Waals surface area contributed by atoms with E-state index in [1.54, 1.807) is 13.0 Å². The molecule has 8 heteroatoms. The van der Waals surface area contributed by atoms with Gasteiger partial charge in [-0.3, -0.25) is 0 Å². The van der Waals surface area contributed by atoms with E-state index in [2.05, 4.69) is 50.6 Å². The molecule has 1 N–H and O–H groups in total. The van der Waals surface area contributed by atoms with Crippen molar-refractivity contribution in [2.75, 3.05) is 18.6 Å². The van der Waals surface area contributed by atoms with Crippen LogP contribution in [0.4, 0.5) is 19.0 Å². The quantitative estimate of drug-likeness (QED) is 0.426. The summed E-state index contributed by atoms with van der Waals surface area (Å²) >= 11 is 3.62. The zero-order chi connectivity index (χ0) is 21.5. The second kappa shape index (κ2) is 8.19. The Morgan fingerprint density at radius 1 is 1.10 bits per heavy atom. The average molecular weight is 484 g/mol. The molecule has 1 unspecified atom stereocenters. The molecular weight excluding hydrogens is 462 g/mol. The van der Waals surface area contributed by atoms with Crippen LogP contribution in [-0.2, 0) is 6.18 Å². The molecule has 0 aliphatic heterocycles. The molecule has 0 spiro atoms. The lowest BCUT2D eigenvalue weighted by molar-refractivity contribution is -0.138. The minimum atomic E-state index is -4.38. The summed E-state index contributed by atoms with van der Waals surface area (Å²) in [4.78, 5) is 9.06. The van der Waals surface area contributed by atoms with Crippen molar-refractivity contribution < 1.29 is 13.2 Å². The lowest BCUT2D eigenvalue weighted by Gasteiger charge is -2.21. The fraction of sp³-hybridized carbons (Fsp3) is 0.333. The molecule has 0 saturated carbocycles. The Kier molecular flexibility index (Phi) is 6.21. The highest BCUT2D eigenvalue weighted by Crippen LogP contribution is 2.36. The van der Waals surface area contributed by atoms with Gasteiger partial charge < -0.3 is 5.32 Å². The number of nitrogens with one attached hydrogen (secondary N) is 1. The van der Waals surface area contributed by atoms with E-state index >= 15 is 0 Å². The number of hydrogen-bond acceptors (Lipinski definition) is 3. The molecule has 0 fully saturated rings. The predicted molar refractivity (Wildman–Crippen MR) is 119 cm³/mol. The molecule has 3 rings (SSSR count). The maximum absolute atomic E-state index is 13.3. The number of benzene rings is 2. The molecular formula is C21H22BrF3N3P. The molecule has 154 valence electrons. The molecule has 3 aromatic rings. The molecule has 1 aromatic heterocycles. The predicted octanol–water partition coefficient (Wildman–Crippen LogP) is 6.57. The summed E-state index contributed by atoms with van der Waals surface area (Å²) in [5.41, 5.74) is 1.00. The molecule has 1 heterocycles. The molecule has 0 aliphatic carbocycles. The van der Waals surface area contributed by atoms with Gasteiger partial charge in [-0.25, -0.2) is 9.97 Å². The molecule has 2 aromatic carbocycles. The summed E-state index contributed by atoms with van der Waals surface area (Å²) in [6, 6.07) is 7.98. The molecule has 0 amide bonds. The topological polar surface area (TPSA) is 37.8 Å². The summed E-state index contributed by atoms with van der Waals surface area (Å²) in [7, 11) is -0.352. The normalized spacial score (nSPS) is 13.2. The fourth-order valence-electron chi connectivity index (χ4n) is 3.42. The number of alkyl halides is 3. The van der Waals surface area contributed by atoms with Gasteiger partial charge in [-0.15, -0.1) is 0 Å². The summed E-state index contributed by atoms with van der Waals surface area (Å²) in [6.07, 6.45) is -4.38. The van der Waals surface area contributed by atoms with Gasteiger partial charge >= 0.3 is 6.18 Å². The Hall–Kier alpha value is -1.72. The van der Waals surface area contributed by atoms with E-state index in [0.717, 1.165) is 21.4 Å². The summed E-state index contributed by atoms with van der Waals surface area (Å²) in [5, 5.41) is 5.37. The molecule has 0 bridgehead atoms. The number of hydrogen-bond donors (Lipinski definition) is 1. The lowest BCUT2D eigenvalue weighted by atomic mass is 9.97. The second-order valence-corrected chi connectivity index (χ2v) is 10.3. The maximum Gasteiger partial charge on any atom is 0.416 e. The number of nitrogens with zero attached hydrogens (tertiary/aromatic N) is 2. The van der Waals surface area contributed by atoms with Gasteiger partial charge in [0.2, 0.25) is 0 Å². The number of halogens is 4. The fourth-order valence-corrected chi connectivity index (χ4v) is 5.69. The maximum atomic E-state index is 13.3. The van der Waals surface area contributed by atoms with Gasteiger partial charge in [0.05, 0.1) is 17.1 Å². The van der Waals surface area contributed by atoms with Gasteiger partial charge in [0, 0.05) is 9.86 Å². The second-order valence-electron chi connectivity index (χ2n) is 7.22. The van der Waals surface area contributed by atoms with Crippen molar-refractivity contribution in [3.63, 3.8) is 0 Å². The molecule has 0 radical (unpaired) electrons. The zero-order valence-corrected chi connectivity index (χ0v) is 19.3. The van der Waals surface area contributed by atoms with E-state index in [4.69, 9.17) is 0 Å². The van der Waals surface area contributed by atoms with Crippen LogP contribution < -0.4 is 10.6 Å². The number of anilines is 1. The van der Waals surface area contributed by atoms with Gasteiger partial charge in [-0.1, -0.05) is 36.0 Å². The first-order valence-electron chi connectivity index (χ1n) is 9.07. The Bertz CT molecular complexity index is 1070. The third-order valence-electron chi connectivity index (χ3n) is 4.86. The average Bonchev–Trinajstić information content (AvgIpc) is 2.59. The van der Waals surface area contributed by atoms with E-state index in [1.807, 2.05) is 13.0 Å². The van der Waals surface area contributed by atoms with E-state index in [-0.39, 0.29) is 19.5 Å². The van der Waals surface area contributed by atoms with E-state index in [1.165, 1.54) is 18.3 Å². The summed E-state index contributed by atoms with van der Waals surface area (Å²) < 4.78 is 40.9. The third kappa shape index (κ3) is 4.56. The van der Waals surface area contributed by atoms with Crippen molar-refractivity contribution in [1.29, 1.82) is 0 Å². The van der Waals surface area contributed by atoms with Crippen LogP contribution in [0.15, 0.2) is 34.8 Å². The number of fused-ring (bicyclic) bond motifs is 1. The first-order valence-corrected chi connectivity index (χ1v) is 12.1. The van der Waals surface area contributed by atoms with Crippen molar-refractivity contribution in [3.8, 4) is 0 Å². The SMILES string of the molecule is Cc1nc(NC(C)c2cccc(C(F)(F)F)c2C)c2cc(P(C)C)c(Br)cc2n1. The van der Waals surface area contributed by atoms with Crippen LogP contribution in [-0.4, -0.2) is 23.3 Å². The highest BCUT2D eigenvalue weighted by Gasteiger charge is 2.33. The van der Waals surface area contributed by atoms with Crippen molar-refractivity contribution in [1.82, 2.24) is 9.97 Å². The largest absolute Gasteiger partial charge is 0.416 e. The first-order chi connectivity index (χ1) is 13.5. The summed E-state index contributed by atoms with van der Waals surface area (Å²) in [6.45, 7) is 9.49. The molecule has 0 aliphatic rings. The van der Waals surface area contributed by atoms with Crippen LogP contribution in [0.5, 0.6) is 0 Å². The smallest absolute Gasteiger partial charge is 0.363 e. The Balaban J connectivity index is 2.07. The number of aromatic nitrogens is 2. The minimum Gasteiger partial charge on any atom is -0.363 e. The van der Waals surface area contributed by atoms with Gasteiger partial charge in [-0.2, -0.15) is 13.2 Å². The van der Waals surface area contributed by atoms with Gasteiger partial charge in [0.25, 0.3) is 0 Å². The Morgan fingerprint density at radius 2 is 1.79 bits per heavy atom. The van der Waals surface area contributed by atoms with E-state index in [0.29, 0.717) is 17.2 Å². The third-order valence-corrected chi connectivity index (χ3v) is 7.15. The van der Waals surface area contributed by atoms with Crippen LogP contribution >= 0.6 is 23.9 Å². The van der Waals surface area contributed by atoms with Gasteiger partial charge in [0.1, 0.15) is 11.6 Å². The molecule has 0 saturated heterocycles. The van der Waals surface area contributed by atoms with Gasteiger partial charge in [-0.05, 0) is 68.7 Å². The molecule has 3 nitrogen and oxygen atoms in total. The molecule has 1 atom stereocenters. The Labute approximate surface area is 178 Å². The van der Waals surface area contributed by atoms with Crippen LogP contribution in [0, 0.1) is 13.8 Å². The summed E-state index contributed by atoms with van der Waals surface area (Å²) in [5.74, 6) is 1.23. The van der Waals surface area contributed by atoms with Crippen LogP contribution in [0.1, 0.15) is 35.5 Å². The van der Waals surface area contributed by atoms with Crippen molar-refractivity contribution in [2.45, 2.75) is 33.0 Å². The first kappa shape index (κ1) is 22.0. The minimum absolute atomic E-state index is 0.226. The molecule has 29 heavy (non-hydrogen) atoms. The lowest BCUT2D eigenvalue weighted by Crippen LogP contribution is -2.15. The van der Waals surface area contributed by atoms with Crippen LogP contribution in [0.3, 0.4) is 0 Å². The number of aryl methyl sites for hydroxylation is 1. The standard InChI is InChI=1S/C21H22BrF3N3P/c1-11-14(7-6-8-16(11)21(23,24)25)12(2)26-20-15-9-19(29(4)5)17(22)10-18(15)27-13(3)28-20/h6-10,12H,1-5H3,(H,26,27,28). The van der Waals surface area contributed by atoms with E-state index < -0.39 is 11.7 Å². The zero-order valence-electron chi connectivity index (χ0n) is 16.8. The van der Waals surface area contributed by atoms with Gasteiger partial charge in [0.15, 0.2) is 0 Å². The van der Waals surface area contributed by atoms with Crippen molar-refractivity contribution in [3.05, 3.63) is 57.3 Å². The highest BCUT2D eigenvalue weighted by molar-refractivity contribution is 9.10. The monoisotopic (exact) mass is 483 g/mol. The Morgan fingerprint density at radius 3 is 2.41 bits per heavy atom. The number of rotatable bonds is 4. The van der Waals surface area contributed by atoms with Crippen LogP contribution in [0.25, 0.3) is 10.9 Å². The van der Waals surface area contributed by atoms with Crippen molar-refractivity contribution >= 4 is 45.9 Å². The highest BCUT2D eigenvalue weighted by atomic mass is 79.9. The van der Waals surface area contributed by atoms with Crippen molar-refractivity contribution in [2.24, 2.45) is 0 Å². The van der Waals surface area contributed by atoms with Crippen LogP contribution in [0.2, 0.25) is 0 Å². The van der Waals surface area contributed by atoms with E-state index in [9.17, 15) is 13.2 Å².